The van der Waals surface area contributed by atoms with Gasteiger partial charge in [-0.25, -0.2) is 0 Å². The second-order valence-corrected chi connectivity index (χ2v) is 6.56. The van der Waals surface area contributed by atoms with Crippen molar-refractivity contribution in [2.24, 2.45) is 7.05 Å². The highest BCUT2D eigenvalue weighted by atomic mass is 16.5. The van der Waals surface area contributed by atoms with Gasteiger partial charge in [0.05, 0.1) is 19.1 Å². The van der Waals surface area contributed by atoms with Gasteiger partial charge in [-0.05, 0) is 23.9 Å². The number of aromatic nitrogens is 1. The van der Waals surface area contributed by atoms with E-state index in [0.29, 0.717) is 11.3 Å². The second kappa shape index (κ2) is 6.02. The minimum Gasteiger partial charge on any atom is -0.496 e. The van der Waals surface area contributed by atoms with Gasteiger partial charge >= 0.3 is 5.97 Å². The van der Waals surface area contributed by atoms with Gasteiger partial charge in [-0.15, -0.1) is 0 Å². The van der Waals surface area contributed by atoms with Gasteiger partial charge in [-0.2, -0.15) is 0 Å². The maximum absolute atomic E-state index is 12.9. The number of ether oxygens (including phenoxy) is 2. The lowest BCUT2D eigenvalue weighted by molar-refractivity contribution is -0.135. The van der Waals surface area contributed by atoms with Crippen LogP contribution in [0.2, 0.25) is 0 Å². The zero-order valence-corrected chi connectivity index (χ0v) is 14.9. The van der Waals surface area contributed by atoms with E-state index in [2.05, 4.69) is 0 Å². The molecule has 1 aliphatic rings. The number of carbonyl (C=O) groups is 1. The fraction of sp³-hybridized carbons (Fsp3) is 0.238. The Balaban J connectivity index is 2.02. The van der Waals surface area contributed by atoms with Gasteiger partial charge in [0.1, 0.15) is 11.5 Å². The lowest BCUT2D eigenvalue weighted by Crippen LogP contribution is -2.32. The summed E-state index contributed by atoms with van der Waals surface area (Å²) < 4.78 is 12.4. The van der Waals surface area contributed by atoms with Crippen molar-refractivity contribution >= 4 is 16.7 Å². The van der Waals surface area contributed by atoms with Crippen molar-refractivity contribution in [2.45, 2.75) is 19.3 Å². The van der Waals surface area contributed by atoms with E-state index in [1.807, 2.05) is 43.3 Å². The van der Waals surface area contributed by atoms with Crippen LogP contribution in [0, 0.1) is 6.92 Å². The number of hydrogen-bond donors (Lipinski definition) is 0. The van der Waals surface area contributed by atoms with Crippen molar-refractivity contribution < 1.29 is 14.3 Å². The Bertz CT molecular complexity index is 1100. The van der Waals surface area contributed by atoms with Gasteiger partial charge in [0.2, 0.25) is 0 Å². The van der Waals surface area contributed by atoms with Gasteiger partial charge in [0, 0.05) is 30.1 Å². The molecular weight excluding hydrogens is 330 g/mol. The molecule has 132 valence electrons. The topological polar surface area (TPSA) is 57.5 Å². The van der Waals surface area contributed by atoms with Crippen LogP contribution in [0.3, 0.4) is 0 Å². The summed E-state index contributed by atoms with van der Waals surface area (Å²) >= 11 is 0. The van der Waals surface area contributed by atoms with E-state index in [9.17, 15) is 9.59 Å². The highest BCUT2D eigenvalue weighted by Crippen LogP contribution is 2.41. The smallest absolute Gasteiger partial charge is 0.312 e. The Hall–Kier alpha value is -3.08. The minimum atomic E-state index is -0.346. The fourth-order valence-corrected chi connectivity index (χ4v) is 3.69. The molecule has 4 rings (SSSR count). The summed E-state index contributed by atoms with van der Waals surface area (Å²) in [7, 11) is 3.37. The first-order chi connectivity index (χ1) is 12.5. The van der Waals surface area contributed by atoms with E-state index in [4.69, 9.17) is 9.47 Å². The van der Waals surface area contributed by atoms with E-state index in [1.54, 1.807) is 24.8 Å². The first-order valence-corrected chi connectivity index (χ1v) is 8.48. The van der Waals surface area contributed by atoms with E-state index in [1.165, 1.54) is 0 Å². The maximum atomic E-state index is 12.9. The van der Waals surface area contributed by atoms with Crippen molar-refractivity contribution in [3.63, 3.8) is 0 Å². The van der Waals surface area contributed by atoms with Crippen LogP contribution in [0.1, 0.15) is 29.2 Å². The highest BCUT2D eigenvalue weighted by Gasteiger charge is 2.33. The molecule has 0 N–H and O–H groups in total. The Morgan fingerprint density at radius 3 is 2.58 bits per heavy atom. The number of esters is 1. The van der Waals surface area contributed by atoms with Crippen LogP contribution in [-0.2, 0) is 11.8 Å². The molecule has 2 heterocycles. The summed E-state index contributed by atoms with van der Waals surface area (Å²) in [5, 5.41) is 1.93. The number of fused-ring (bicyclic) bond motifs is 2. The molecule has 0 amide bonds. The number of aryl methyl sites for hydroxylation is 1. The van der Waals surface area contributed by atoms with E-state index in [-0.39, 0.29) is 23.9 Å². The first-order valence-electron chi connectivity index (χ1n) is 8.48. The van der Waals surface area contributed by atoms with Crippen molar-refractivity contribution in [1.29, 1.82) is 0 Å². The normalized spacial score (nSPS) is 16.3. The molecule has 0 spiro atoms. The number of rotatable bonds is 2. The summed E-state index contributed by atoms with van der Waals surface area (Å²) in [4.78, 5) is 25.2. The summed E-state index contributed by atoms with van der Waals surface area (Å²) in [6, 6.07) is 13.4. The summed E-state index contributed by atoms with van der Waals surface area (Å²) in [6.07, 6.45) is 0.141. The van der Waals surface area contributed by atoms with Crippen molar-refractivity contribution in [2.75, 3.05) is 7.11 Å². The number of pyridine rings is 1. The highest BCUT2D eigenvalue weighted by molar-refractivity contribution is 5.92. The summed E-state index contributed by atoms with van der Waals surface area (Å²) in [5.41, 5.74) is 2.09. The summed E-state index contributed by atoms with van der Waals surface area (Å²) in [5.74, 6) is 0.461. The monoisotopic (exact) mass is 349 g/mol. The molecule has 5 nitrogen and oxygen atoms in total. The lowest BCUT2D eigenvalue weighted by Gasteiger charge is -2.26. The van der Waals surface area contributed by atoms with Crippen LogP contribution < -0.4 is 15.0 Å². The number of benzene rings is 2. The molecule has 3 aromatic rings. The number of carbonyl (C=O) groups excluding carboxylic acids is 1. The van der Waals surface area contributed by atoms with Crippen molar-refractivity contribution in [3.05, 3.63) is 69.6 Å². The number of nitrogens with zero attached hydrogens (tertiary/aromatic N) is 1. The van der Waals surface area contributed by atoms with E-state index in [0.717, 1.165) is 27.8 Å². The zero-order valence-electron chi connectivity index (χ0n) is 14.9. The SMILES string of the molecule is COc1ccc(C2CC(=O)Oc3cc(C)n(C)c(=O)c32)c2ccccc12. The molecule has 26 heavy (non-hydrogen) atoms. The molecule has 0 saturated carbocycles. The molecule has 1 aliphatic heterocycles. The maximum Gasteiger partial charge on any atom is 0.312 e. The van der Waals surface area contributed by atoms with Crippen LogP contribution in [-0.4, -0.2) is 17.6 Å². The Kier molecular flexibility index (Phi) is 3.80. The van der Waals surface area contributed by atoms with Gasteiger partial charge < -0.3 is 14.0 Å². The standard InChI is InChI=1S/C21H19NO4/c1-12-10-18-20(21(24)22(12)2)16(11-19(23)26-18)14-8-9-17(25-3)15-7-5-4-6-13(14)15/h4-10,16H,11H2,1-3H3. The van der Waals surface area contributed by atoms with E-state index < -0.39 is 0 Å². The quantitative estimate of drug-likeness (QED) is 0.666. The molecular formula is C21H19NO4. The molecule has 0 radical (unpaired) electrons. The molecule has 0 fully saturated rings. The average Bonchev–Trinajstić information content (AvgIpc) is 2.64. The lowest BCUT2D eigenvalue weighted by atomic mass is 9.84. The largest absolute Gasteiger partial charge is 0.496 e. The molecule has 1 atom stereocenters. The second-order valence-electron chi connectivity index (χ2n) is 6.56. The molecule has 2 aromatic carbocycles. The van der Waals surface area contributed by atoms with Gasteiger partial charge in [0.15, 0.2) is 0 Å². The third-order valence-electron chi connectivity index (χ3n) is 5.13. The van der Waals surface area contributed by atoms with Crippen LogP contribution in [0.5, 0.6) is 11.5 Å². The number of methoxy groups -OCH3 is 1. The summed E-state index contributed by atoms with van der Waals surface area (Å²) in [6.45, 7) is 1.82. The minimum absolute atomic E-state index is 0.127. The molecule has 1 unspecified atom stereocenters. The Morgan fingerprint density at radius 2 is 1.85 bits per heavy atom. The third-order valence-corrected chi connectivity index (χ3v) is 5.13. The van der Waals surface area contributed by atoms with Crippen molar-refractivity contribution in [1.82, 2.24) is 4.57 Å². The molecule has 1 aromatic heterocycles. The van der Waals surface area contributed by atoms with Gasteiger partial charge in [-0.1, -0.05) is 30.3 Å². The first kappa shape index (κ1) is 16.4. The van der Waals surface area contributed by atoms with Crippen LogP contribution in [0.25, 0.3) is 10.8 Å². The predicted octanol–water partition coefficient (Wildman–Crippen LogP) is 3.30. The molecule has 0 saturated heterocycles. The van der Waals surface area contributed by atoms with Crippen LogP contribution in [0.4, 0.5) is 0 Å². The predicted molar refractivity (Wildman–Crippen MR) is 99.0 cm³/mol. The average molecular weight is 349 g/mol. The molecule has 0 aliphatic carbocycles. The van der Waals surface area contributed by atoms with E-state index >= 15 is 0 Å². The van der Waals surface area contributed by atoms with Gasteiger partial charge in [-0.3, -0.25) is 9.59 Å². The fourth-order valence-electron chi connectivity index (χ4n) is 3.69. The molecule has 0 bridgehead atoms. The number of hydrogen-bond acceptors (Lipinski definition) is 4. The molecule has 5 heteroatoms. The van der Waals surface area contributed by atoms with Crippen LogP contribution in [0.15, 0.2) is 47.3 Å². The third kappa shape index (κ3) is 2.39. The van der Waals surface area contributed by atoms with Crippen molar-refractivity contribution in [3.8, 4) is 11.5 Å². The van der Waals surface area contributed by atoms with Gasteiger partial charge in [0.25, 0.3) is 5.56 Å². The Morgan fingerprint density at radius 1 is 1.12 bits per heavy atom. The Labute approximate surface area is 150 Å². The van der Waals surface area contributed by atoms with Crippen LogP contribution >= 0.6 is 0 Å². The zero-order chi connectivity index (χ0) is 18.4.